The maximum absolute atomic E-state index is 12.2. The van der Waals surface area contributed by atoms with Crippen LogP contribution in [0.15, 0.2) is 67.0 Å². The highest BCUT2D eigenvalue weighted by molar-refractivity contribution is 5.94. The van der Waals surface area contributed by atoms with Crippen molar-refractivity contribution in [1.29, 1.82) is 0 Å². The largest absolute Gasteiger partial charge is 0.366 e. The van der Waals surface area contributed by atoms with E-state index in [4.69, 9.17) is 5.73 Å². The number of rotatable bonds is 5. The Morgan fingerprint density at radius 1 is 0.920 bits per heavy atom. The van der Waals surface area contributed by atoms with Crippen LogP contribution in [0.3, 0.4) is 0 Å². The maximum Gasteiger partial charge on any atom is 0.254 e. The molecule has 0 fully saturated rings. The lowest BCUT2D eigenvalue weighted by Crippen LogP contribution is -2.23. The number of carbonyl (C=O) groups excluding carboxylic acids is 2. The van der Waals surface area contributed by atoms with E-state index >= 15 is 0 Å². The van der Waals surface area contributed by atoms with Gasteiger partial charge in [-0.3, -0.25) is 9.59 Å². The van der Waals surface area contributed by atoms with Gasteiger partial charge in [0.25, 0.3) is 5.91 Å². The summed E-state index contributed by atoms with van der Waals surface area (Å²) in [6.07, 6.45) is 2.98. The van der Waals surface area contributed by atoms with Crippen molar-refractivity contribution >= 4 is 11.8 Å². The predicted octanol–water partition coefficient (Wildman–Crippen LogP) is 2.17. The Kier molecular flexibility index (Phi) is 4.80. The third-order valence-electron chi connectivity index (χ3n) is 3.61. The van der Waals surface area contributed by atoms with Crippen molar-refractivity contribution in [2.24, 2.45) is 5.73 Å². The normalized spacial score (nSPS) is 10.2. The highest BCUT2D eigenvalue weighted by atomic mass is 16.2. The molecule has 25 heavy (non-hydrogen) atoms. The zero-order valence-corrected chi connectivity index (χ0v) is 13.3. The molecule has 3 N–H and O–H groups in total. The fraction of sp³-hybridized carbons (Fsp3) is 0.0526. The first-order valence-electron chi connectivity index (χ1n) is 7.68. The third-order valence-corrected chi connectivity index (χ3v) is 3.61. The Balaban J connectivity index is 1.65. The van der Waals surface area contributed by atoms with Gasteiger partial charge in [-0.05, 0) is 17.7 Å². The van der Waals surface area contributed by atoms with E-state index in [1.165, 1.54) is 12.4 Å². The number of amides is 2. The molecule has 0 spiro atoms. The first kappa shape index (κ1) is 16.3. The lowest BCUT2D eigenvalue weighted by molar-refractivity contribution is 0.0949. The Hall–Kier alpha value is -3.54. The van der Waals surface area contributed by atoms with E-state index in [0.717, 1.165) is 11.1 Å². The fourth-order valence-corrected chi connectivity index (χ4v) is 2.30. The van der Waals surface area contributed by atoms with Gasteiger partial charge in [-0.25, -0.2) is 9.97 Å². The van der Waals surface area contributed by atoms with Crippen molar-refractivity contribution in [3.05, 3.63) is 83.7 Å². The topological polar surface area (TPSA) is 98.0 Å². The van der Waals surface area contributed by atoms with Gasteiger partial charge in [-0.1, -0.05) is 42.5 Å². The van der Waals surface area contributed by atoms with Crippen LogP contribution in [0.2, 0.25) is 0 Å². The summed E-state index contributed by atoms with van der Waals surface area (Å²) in [5, 5.41) is 2.77. The molecule has 0 unspecified atom stereocenters. The number of nitrogens with zero attached hydrogens (tertiary/aromatic N) is 2. The molecule has 0 saturated carbocycles. The van der Waals surface area contributed by atoms with Gasteiger partial charge >= 0.3 is 0 Å². The highest BCUT2D eigenvalue weighted by Gasteiger charge is 2.08. The van der Waals surface area contributed by atoms with Crippen molar-refractivity contribution in [3.8, 4) is 11.4 Å². The van der Waals surface area contributed by atoms with Crippen LogP contribution < -0.4 is 11.1 Å². The Morgan fingerprint density at radius 2 is 1.64 bits per heavy atom. The number of benzene rings is 2. The van der Waals surface area contributed by atoms with Crippen LogP contribution in [0, 0.1) is 0 Å². The molecule has 0 bridgehead atoms. The molecule has 124 valence electrons. The fourth-order valence-electron chi connectivity index (χ4n) is 2.30. The van der Waals surface area contributed by atoms with E-state index in [1.54, 1.807) is 18.2 Å². The average Bonchev–Trinajstić information content (AvgIpc) is 2.67. The lowest BCUT2D eigenvalue weighted by atomic mass is 10.1. The van der Waals surface area contributed by atoms with Crippen molar-refractivity contribution < 1.29 is 9.59 Å². The predicted molar refractivity (Wildman–Crippen MR) is 93.6 cm³/mol. The molecule has 0 aliphatic heterocycles. The molecule has 0 radical (unpaired) electrons. The molecule has 6 heteroatoms. The van der Waals surface area contributed by atoms with Crippen LogP contribution in [-0.2, 0) is 6.54 Å². The SMILES string of the molecule is NC(=O)c1cccc(CNC(=O)c2cnc(-c3ccccc3)nc2)c1. The first-order valence-corrected chi connectivity index (χ1v) is 7.68. The minimum absolute atomic E-state index is 0.278. The average molecular weight is 332 g/mol. The van der Waals surface area contributed by atoms with Gasteiger partial charge in [0.05, 0.1) is 5.56 Å². The summed E-state index contributed by atoms with van der Waals surface area (Å²) in [6.45, 7) is 0.278. The monoisotopic (exact) mass is 332 g/mol. The van der Waals surface area contributed by atoms with Crippen LogP contribution in [0.4, 0.5) is 0 Å². The zero-order chi connectivity index (χ0) is 17.6. The van der Waals surface area contributed by atoms with Gasteiger partial charge in [0, 0.05) is 30.1 Å². The lowest BCUT2D eigenvalue weighted by Gasteiger charge is -2.07. The summed E-state index contributed by atoms with van der Waals surface area (Å²) < 4.78 is 0. The Bertz CT molecular complexity index is 893. The quantitative estimate of drug-likeness (QED) is 0.748. The Morgan fingerprint density at radius 3 is 2.32 bits per heavy atom. The third kappa shape index (κ3) is 4.06. The molecule has 1 aromatic heterocycles. The second-order valence-electron chi connectivity index (χ2n) is 5.41. The summed E-state index contributed by atoms with van der Waals surface area (Å²) in [7, 11) is 0. The van der Waals surface area contributed by atoms with E-state index < -0.39 is 5.91 Å². The van der Waals surface area contributed by atoms with Gasteiger partial charge < -0.3 is 11.1 Å². The van der Waals surface area contributed by atoms with E-state index in [1.807, 2.05) is 36.4 Å². The standard InChI is InChI=1S/C19H16N4O2/c20-17(24)15-8-4-5-13(9-15)10-23-19(25)16-11-21-18(22-12-16)14-6-2-1-3-7-14/h1-9,11-12H,10H2,(H2,20,24)(H,23,25). The smallest absolute Gasteiger partial charge is 0.254 e. The highest BCUT2D eigenvalue weighted by Crippen LogP contribution is 2.13. The maximum atomic E-state index is 12.2. The van der Waals surface area contributed by atoms with Crippen LogP contribution in [0.5, 0.6) is 0 Å². The molecule has 3 aromatic rings. The molecule has 1 heterocycles. The number of nitrogens with two attached hydrogens (primary N) is 1. The molecule has 6 nitrogen and oxygen atoms in total. The number of aromatic nitrogens is 2. The van der Waals surface area contributed by atoms with Crippen LogP contribution >= 0.6 is 0 Å². The van der Waals surface area contributed by atoms with E-state index in [-0.39, 0.29) is 12.5 Å². The van der Waals surface area contributed by atoms with Gasteiger partial charge in [-0.2, -0.15) is 0 Å². The second-order valence-corrected chi connectivity index (χ2v) is 5.41. The van der Waals surface area contributed by atoms with Gasteiger partial charge in [0.2, 0.25) is 5.91 Å². The molecule has 0 aliphatic carbocycles. The molecular weight excluding hydrogens is 316 g/mol. The number of primary amides is 1. The summed E-state index contributed by atoms with van der Waals surface area (Å²) in [5.74, 6) is -0.228. The van der Waals surface area contributed by atoms with Crippen molar-refractivity contribution in [1.82, 2.24) is 15.3 Å². The van der Waals surface area contributed by atoms with Gasteiger partial charge in [0.15, 0.2) is 5.82 Å². The number of nitrogens with one attached hydrogen (secondary N) is 1. The van der Waals surface area contributed by atoms with E-state index in [0.29, 0.717) is 17.0 Å². The summed E-state index contributed by atoms with van der Waals surface area (Å²) in [4.78, 5) is 31.8. The molecule has 0 atom stereocenters. The summed E-state index contributed by atoms with van der Waals surface area (Å²) in [6, 6.07) is 16.3. The van der Waals surface area contributed by atoms with Crippen molar-refractivity contribution in [2.45, 2.75) is 6.54 Å². The molecular formula is C19H16N4O2. The second kappa shape index (κ2) is 7.35. The summed E-state index contributed by atoms with van der Waals surface area (Å²) >= 11 is 0. The van der Waals surface area contributed by atoms with Crippen LogP contribution in [-0.4, -0.2) is 21.8 Å². The van der Waals surface area contributed by atoms with Crippen LogP contribution in [0.1, 0.15) is 26.3 Å². The van der Waals surface area contributed by atoms with Crippen LogP contribution in [0.25, 0.3) is 11.4 Å². The first-order chi connectivity index (χ1) is 12.1. The van der Waals surface area contributed by atoms with Crippen molar-refractivity contribution in [3.63, 3.8) is 0 Å². The number of hydrogen-bond acceptors (Lipinski definition) is 4. The number of hydrogen-bond donors (Lipinski definition) is 2. The molecule has 0 aliphatic rings. The molecule has 2 amide bonds. The minimum Gasteiger partial charge on any atom is -0.366 e. The minimum atomic E-state index is -0.502. The molecule has 3 rings (SSSR count). The number of carbonyl (C=O) groups is 2. The zero-order valence-electron chi connectivity index (χ0n) is 13.3. The summed E-state index contributed by atoms with van der Waals surface area (Å²) in [5.41, 5.74) is 7.69. The van der Waals surface area contributed by atoms with Gasteiger partial charge in [-0.15, -0.1) is 0 Å². The van der Waals surface area contributed by atoms with Crippen molar-refractivity contribution in [2.75, 3.05) is 0 Å². The van der Waals surface area contributed by atoms with Gasteiger partial charge in [0.1, 0.15) is 0 Å². The molecule has 0 saturated heterocycles. The molecule has 2 aromatic carbocycles. The Labute approximate surface area is 144 Å². The van der Waals surface area contributed by atoms with E-state index in [2.05, 4.69) is 15.3 Å². The van der Waals surface area contributed by atoms with E-state index in [9.17, 15) is 9.59 Å².